The summed E-state index contributed by atoms with van der Waals surface area (Å²) in [5.41, 5.74) is 1.06. The normalized spacial score (nSPS) is 11.7. The molecule has 0 spiro atoms. The third-order valence-corrected chi connectivity index (χ3v) is 3.69. The Morgan fingerprint density at radius 1 is 1.15 bits per heavy atom. The lowest BCUT2D eigenvalue weighted by Gasteiger charge is -2.09. The molecule has 4 nitrogen and oxygen atoms in total. The van der Waals surface area contributed by atoms with Gasteiger partial charge in [-0.25, -0.2) is 0 Å². The number of hydrogen-bond acceptors (Lipinski definition) is 3. The number of rotatable bonds is 4. The first kappa shape index (κ1) is 14.3. The molecule has 5 heteroatoms. The lowest BCUT2D eigenvalue weighted by molar-refractivity contribution is 0.102. The van der Waals surface area contributed by atoms with E-state index >= 15 is 0 Å². The van der Waals surface area contributed by atoms with Gasteiger partial charge in [-0.1, -0.05) is 18.2 Å². The smallest absolute Gasteiger partial charge is 0.259 e. The maximum absolute atomic E-state index is 12.2. The molecule has 2 aromatic carbocycles. The Bertz CT molecular complexity index is 655. The standard InChI is InChI=1S/C15H15NO3S/c1-19-14-9-4-3-8-13(14)15(17)16-11-6-5-7-12(10-11)20(2)18/h3-10H,1-2H3,(H,16,17). The van der Waals surface area contributed by atoms with Crippen molar-refractivity contribution in [1.29, 1.82) is 0 Å². The van der Waals surface area contributed by atoms with Crippen LogP contribution in [0.2, 0.25) is 0 Å². The molecule has 0 saturated carbocycles. The minimum Gasteiger partial charge on any atom is -0.496 e. The Balaban J connectivity index is 2.23. The molecule has 2 aromatic rings. The third-order valence-electron chi connectivity index (χ3n) is 2.78. The Hall–Kier alpha value is -2.14. The van der Waals surface area contributed by atoms with Crippen molar-refractivity contribution >= 4 is 22.4 Å². The van der Waals surface area contributed by atoms with Crippen molar-refractivity contribution in [2.24, 2.45) is 0 Å². The highest BCUT2D eigenvalue weighted by Crippen LogP contribution is 2.20. The van der Waals surface area contributed by atoms with Gasteiger partial charge in [0, 0.05) is 27.6 Å². The molecule has 0 bridgehead atoms. The van der Waals surface area contributed by atoms with E-state index in [0.717, 1.165) is 0 Å². The Kier molecular flexibility index (Phi) is 4.53. The molecule has 1 amide bonds. The highest BCUT2D eigenvalue weighted by atomic mass is 32.2. The molecular weight excluding hydrogens is 274 g/mol. The molecule has 20 heavy (non-hydrogen) atoms. The van der Waals surface area contributed by atoms with E-state index in [-0.39, 0.29) is 5.91 Å². The van der Waals surface area contributed by atoms with Crippen LogP contribution in [-0.4, -0.2) is 23.5 Å². The van der Waals surface area contributed by atoms with Crippen LogP contribution in [0.3, 0.4) is 0 Å². The van der Waals surface area contributed by atoms with E-state index < -0.39 is 10.8 Å². The fourth-order valence-corrected chi connectivity index (χ4v) is 2.35. The quantitative estimate of drug-likeness (QED) is 0.941. The second-order valence-corrected chi connectivity index (χ2v) is 5.52. The molecule has 0 aliphatic heterocycles. The maximum atomic E-state index is 12.2. The second-order valence-electron chi connectivity index (χ2n) is 4.14. The van der Waals surface area contributed by atoms with Crippen molar-refractivity contribution in [3.8, 4) is 5.75 Å². The zero-order chi connectivity index (χ0) is 14.5. The zero-order valence-electron chi connectivity index (χ0n) is 11.3. The number of nitrogens with one attached hydrogen (secondary N) is 1. The van der Waals surface area contributed by atoms with Crippen LogP contribution in [0.15, 0.2) is 53.4 Å². The SMILES string of the molecule is COc1ccccc1C(=O)Nc1cccc(S(C)=O)c1. The molecule has 104 valence electrons. The third kappa shape index (κ3) is 3.24. The minimum atomic E-state index is -1.08. The molecule has 0 radical (unpaired) electrons. The van der Waals surface area contributed by atoms with Crippen LogP contribution < -0.4 is 10.1 Å². The van der Waals surface area contributed by atoms with Gasteiger partial charge in [0.15, 0.2) is 0 Å². The molecule has 0 saturated heterocycles. The van der Waals surface area contributed by atoms with Gasteiger partial charge in [-0.05, 0) is 30.3 Å². The molecule has 0 heterocycles. The van der Waals surface area contributed by atoms with E-state index in [9.17, 15) is 9.00 Å². The highest BCUT2D eigenvalue weighted by molar-refractivity contribution is 7.84. The number of methoxy groups -OCH3 is 1. The van der Waals surface area contributed by atoms with Gasteiger partial charge in [0.05, 0.1) is 12.7 Å². The van der Waals surface area contributed by atoms with Gasteiger partial charge in [0.25, 0.3) is 5.91 Å². The van der Waals surface area contributed by atoms with Crippen LogP contribution in [0.5, 0.6) is 5.75 Å². The predicted molar refractivity (Wildman–Crippen MR) is 79.7 cm³/mol. The van der Waals surface area contributed by atoms with Gasteiger partial charge in [-0.15, -0.1) is 0 Å². The molecule has 1 N–H and O–H groups in total. The maximum Gasteiger partial charge on any atom is 0.259 e. The number of hydrogen-bond donors (Lipinski definition) is 1. The van der Waals surface area contributed by atoms with Gasteiger partial charge < -0.3 is 10.1 Å². The van der Waals surface area contributed by atoms with Crippen molar-refractivity contribution in [3.05, 3.63) is 54.1 Å². The minimum absolute atomic E-state index is 0.263. The summed E-state index contributed by atoms with van der Waals surface area (Å²) in [5.74, 6) is 0.252. The van der Waals surface area contributed by atoms with Crippen LogP contribution >= 0.6 is 0 Å². The number of ether oxygens (including phenoxy) is 1. The largest absolute Gasteiger partial charge is 0.496 e. The summed E-state index contributed by atoms with van der Waals surface area (Å²) in [7, 11) is 0.440. The second kappa shape index (κ2) is 6.34. The van der Waals surface area contributed by atoms with E-state index in [1.165, 1.54) is 7.11 Å². The van der Waals surface area contributed by atoms with E-state index in [1.54, 1.807) is 54.8 Å². The van der Waals surface area contributed by atoms with Crippen molar-refractivity contribution in [1.82, 2.24) is 0 Å². The monoisotopic (exact) mass is 289 g/mol. The first-order valence-electron chi connectivity index (χ1n) is 5.99. The number of anilines is 1. The van der Waals surface area contributed by atoms with E-state index in [2.05, 4.69) is 5.32 Å². The van der Waals surface area contributed by atoms with E-state index in [1.807, 2.05) is 0 Å². The lowest BCUT2D eigenvalue weighted by Crippen LogP contribution is -2.13. The molecule has 0 aliphatic rings. The topological polar surface area (TPSA) is 55.4 Å². The van der Waals surface area contributed by atoms with Crippen LogP contribution in [0.25, 0.3) is 0 Å². The van der Waals surface area contributed by atoms with Crippen LogP contribution in [0.4, 0.5) is 5.69 Å². The first-order chi connectivity index (χ1) is 9.61. The summed E-state index contributed by atoms with van der Waals surface area (Å²) in [4.78, 5) is 12.9. The van der Waals surface area contributed by atoms with Crippen molar-refractivity contribution in [2.45, 2.75) is 4.90 Å². The molecule has 0 aromatic heterocycles. The van der Waals surface area contributed by atoms with Gasteiger partial charge in [-0.2, -0.15) is 0 Å². The average Bonchev–Trinajstić information content (AvgIpc) is 2.47. The number of amides is 1. The number of carbonyl (C=O) groups is 1. The Morgan fingerprint density at radius 3 is 2.60 bits per heavy atom. The van der Waals surface area contributed by atoms with Crippen LogP contribution in [-0.2, 0) is 10.8 Å². The van der Waals surface area contributed by atoms with Gasteiger partial charge >= 0.3 is 0 Å². The Morgan fingerprint density at radius 2 is 1.90 bits per heavy atom. The van der Waals surface area contributed by atoms with Crippen molar-refractivity contribution in [3.63, 3.8) is 0 Å². The summed E-state index contributed by atoms with van der Waals surface area (Å²) in [6, 6.07) is 14.0. The molecule has 0 aliphatic carbocycles. The fraction of sp³-hybridized carbons (Fsp3) is 0.133. The Labute approximate surface area is 120 Å². The predicted octanol–water partition coefficient (Wildman–Crippen LogP) is 2.68. The van der Waals surface area contributed by atoms with Crippen molar-refractivity contribution < 1.29 is 13.7 Å². The van der Waals surface area contributed by atoms with Crippen molar-refractivity contribution in [2.75, 3.05) is 18.7 Å². The first-order valence-corrected chi connectivity index (χ1v) is 7.55. The van der Waals surface area contributed by atoms with Crippen LogP contribution in [0, 0.1) is 0 Å². The summed E-state index contributed by atoms with van der Waals surface area (Å²) < 4.78 is 16.6. The van der Waals surface area contributed by atoms with Gasteiger partial charge in [0.1, 0.15) is 5.75 Å². The molecule has 1 atom stereocenters. The number of benzene rings is 2. The summed E-state index contributed by atoms with van der Waals surface area (Å²) in [6.07, 6.45) is 1.60. The average molecular weight is 289 g/mol. The lowest BCUT2D eigenvalue weighted by atomic mass is 10.2. The van der Waals surface area contributed by atoms with Gasteiger partial charge in [-0.3, -0.25) is 9.00 Å². The van der Waals surface area contributed by atoms with E-state index in [4.69, 9.17) is 4.74 Å². The highest BCUT2D eigenvalue weighted by Gasteiger charge is 2.11. The molecule has 0 fully saturated rings. The number of para-hydroxylation sites is 1. The molecule has 2 rings (SSSR count). The number of carbonyl (C=O) groups excluding carboxylic acids is 1. The molecular formula is C15H15NO3S. The van der Waals surface area contributed by atoms with Gasteiger partial charge in [0.2, 0.25) is 0 Å². The fourth-order valence-electron chi connectivity index (χ4n) is 1.78. The summed E-state index contributed by atoms with van der Waals surface area (Å²) in [5, 5.41) is 2.77. The van der Waals surface area contributed by atoms with Crippen LogP contribution in [0.1, 0.15) is 10.4 Å². The molecule has 1 unspecified atom stereocenters. The summed E-state index contributed by atoms with van der Waals surface area (Å²) >= 11 is 0. The summed E-state index contributed by atoms with van der Waals surface area (Å²) in [6.45, 7) is 0. The van der Waals surface area contributed by atoms with E-state index in [0.29, 0.717) is 21.9 Å². The zero-order valence-corrected chi connectivity index (χ0v) is 12.1.